The predicted molar refractivity (Wildman–Crippen MR) is 173 cm³/mol. The van der Waals surface area contributed by atoms with E-state index in [9.17, 15) is 60.0 Å². The molecule has 25 nitrogen and oxygen atoms in total. The summed E-state index contributed by atoms with van der Waals surface area (Å²) in [4.78, 5) is 49.1. The third-order valence-corrected chi connectivity index (χ3v) is 9.67. The summed E-state index contributed by atoms with van der Waals surface area (Å²) in [6, 6.07) is 0. The van der Waals surface area contributed by atoms with Gasteiger partial charge in [0.2, 0.25) is 0 Å². The molecule has 4 aliphatic rings. The highest BCUT2D eigenvalue weighted by Gasteiger charge is 2.59. The molecule has 57 heavy (non-hydrogen) atoms. The minimum absolute atomic E-state index is 0.695. The number of carboxylic acids is 2. The Hall–Kier alpha value is -2.80. The highest BCUT2D eigenvalue weighted by Crippen LogP contribution is 2.37. The number of aliphatic hydroxyl groups is 6. The van der Waals surface area contributed by atoms with Crippen molar-refractivity contribution in [2.45, 2.75) is 137 Å². The molecule has 0 aromatic rings. The molecule has 0 amide bonds. The second kappa shape index (κ2) is 20.4. The van der Waals surface area contributed by atoms with E-state index in [1.807, 2.05) is 0 Å². The van der Waals surface area contributed by atoms with Crippen LogP contribution < -0.4 is 0 Å². The molecule has 0 spiro atoms. The van der Waals surface area contributed by atoms with Gasteiger partial charge in [0, 0.05) is 42.3 Å². The molecule has 25 heteroatoms. The van der Waals surface area contributed by atoms with Crippen LogP contribution in [0.1, 0.15) is 13.8 Å². The number of hydrogen-bond donors (Lipinski definition) is 8. The standard InChI is InChI=1S/C32H50O25/c1-9(34)49-8-12-18(54-31-25(47-5)19(45-3)15(38)21(55-31)27(40)41)20(50-10(2)35)16(39)30(52-12)56-23-22(46-4)26(48-6)32(57-24(23)28(42)43)53-17-11(7-33)51-29(44)14(37)13(17)36/h11-26,29-33,36-39,44H,7-8H2,1-6H3,(H,40,41)(H,42,43)/t11?,12-,13+,14?,15-,16?,17+,18+,19-,20?,21?,22?,23-,24+,25?,26?,29-,30+,31+,32+/m0/s1. The average Bonchev–Trinajstić information content (AvgIpc) is 3.16. The maximum absolute atomic E-state index is 12.7. The molecule has 0 bridgehead atoms. The van der Waals surface area contributed by atoms with E-state index in [0.717, 1.165) is 35.2 Å². The topological polar surface area (TPSA) is 350 Å². The Morgan fingerprint density at radius 3 is 1.54 bits per heavy atom. The first-order valence-corrected chi connectivity index (χ1v) is 17.4. The molecule has 4 saturated heterocycles. The van der Waals surface area contributed by atoms with Gasteiger partial charge in [-0.2, -0.15) is 0 Å². The number of carbonyl (C=O) groups is 4. The number of methoxy groups -OCH3 is 4. The smallest absolute Gasteiger partial charge is 0.335 e. The van der Waals surface area contributed by atoms with Crippen LogP contribution in [0, 0.1) is 0 Å². The summed E-state index contributed by atoms with van der Waals surface area (Å²) >= 11 is 0. The molecule has 20 atom stereocenters. The van der Waals surface area contributed by atoms with Crippen molar-refractivity contribution in [1.29, 1.82) is 0 Å². The van der Waals surface area contributed by atoms with Gasteiger partial charge in [-0.15, -0.1) is 0 Å². The molecular formula is C32H50O25. The van der Waals surface area contributed by atoms with E-state index in [-0.39, 0.29) is 0 Å². The van der Waals surface area contributed by atoms with Crippen molar-refractivity contribution in [3.63, 3.8) is 0 Å². The molecule has 0 radical (unpaired) electrons. The van der Waals surface area contributed by atoms with E-state index in [1.54, 1.807) is 0 Å². The summed E-state index contributed by atoms with van der Waals surface area (Å²) in [6.07, 6.45) is -34.5. The Labute approximate surface area is 324 Å². The minimum atomic E-state index is -2.08. The van der Waals surface area contributed by atoms with Gasteiger partial charge in [0.25, 0.3) is 0 Å². The lowest BCUT2D eigenvalue weighted by atomic mass is 9.95. The molecule has 4 rings (SSSR count). The molecule has 4 heterocycles. The number of rotatable bonds is 16. The lowest BCUT2D eigenvalue weighted by Crippen LogP contribution is -2.69. The van der Waals surface area contributed by atoms with Crippen LogP contribution in [0.3, 0.4) is 0 Å². The Morgan fingerprint density at radius 2 is 1.04 bits per heavy atom. The van der Waals surface area contributed by atoms with Gasteiger partial charge in [-0.25, -0.2) is 9.59 Å². The Morgan fingerprint density at radius 1 is 0.509 bits per heavy atom. The summed E-state index contributed by atoms with van der Waals surface area (Å²) in [5, 5.41) is 82.9. The second-order valence-electron chi connectivity index (χ2n) is 13.3. The van der Waals surface area contributed by atoms with Crippen molar-refractivity contribution in [2.75, 3.05) is 41.7 Å². The molecular weight excluding hydrogens is 784 g/mol. The lowest BCUT2D eigenvalue weighted by molar-refractivity contribution is -0.386. The van der Waals surface area contributed by atoms with Crippen LogP contribution in [-0.4, -0.2) is 229 Å². The maximum atomic E-state index is 12.7. The first kappa shape index (κ1) is 46.9. The third-order valence-electron chi connectivity index (χ3n) is 9.67. The molecule has 4 aliphatic heterocycles. The minimum Gasteiger partial charge on any atom is -0.479 e. The van der Waals surface area contributed by atoms with Gasteiger partial charge in [0.05, 0.1) is 6.61 Å². The van der Waals surface area contributed by atoms with E-state index in [2.05, 4.69) is 0 Å². The van der Waals surface area contributed by atoms with Crippen molar-refractivity contribution in [3.8, 4) is 0 Å². The van der Waals surface area contributed by atoms with E-state index in [0.29, 0.717) is 0 Å². The fourth-order valence-electron chi connectivity index (χ4n) is 6.97. The highest BCUT2D eigenvalue weighted by atomic mass is 16.8. The highest BCUT2D eigenvalue weighted by molar-refractivity contribution is 5.74. The molecule has 8 N–H and O–H groups in total. The summed E-state index contributed by atoms with van der Waals surface area (Å²) in [6.45, 7) is 0.495. The van der Waals surface area contributed by atoms with E-state index < -0.39 is 160 Å². The molecule has 0 aliphatic carbocycles. The Bertz CT molecular complexity index is 1350. The second-order valence-corrected chi connectivity index (χ2v) is 13.3. The fraction of sp³-hybridized carbons (Fsp3) is 0.875. The summed E-state index contributed by atoms with van der Waals surface area (Å²) < 4.78 is 72.5. The summed E-state index contributed by atoms with van der Waals surface area (Å²) in [5.74, 6) is -5.13. The van der Waals surface area contributed by atoms with Crippen molar-refractivity contribution >= 4 is 23.9 Å². The number of hydrogen-bond acceptors (Lipinski definition) is 23. The predicted octanol–water partition coefficient (Wildman–Crippen LogP) is -5.81. The fourth-order valence-corrected chi connectivity index (χ4v) is 6.97. The molecule has 0 saturated carbocycles. The largest absolute Gasteiger partial charge is 0.479 e. The van der Waals surface area contributed by atoms with Crippen molar-refractivity contribution < 1.29 is 122 Å². The number of carbonyl (C=O) groups excluding carboxylic acids is 2. The van der Waals surface area contributed by atoms with Gasteiger partial charge in [0.15, 0.2) is 43.5 Å². The number of aliphatic carboxylic acids is 2. The number of ether oxygens (including phenoxy) is 13. The van der Waals surface area contributed by atoms with E-state index in [4.69, 9.17) is 61.6 Å². The third kappa shape index (κ3) is 10.3. The zero-order chi connectivity index (χ0) is 42.5. The first-order valence-electron chi connectivity index (χ1n) is 17.4. The quantitative estimate of drug-likeness (QED) is 0.0671. The SMILES string of the molecule is COC1C(OC)[C@H](O[C@H]2O[C@@H](COC(C)=O)[C@@H](O[C@@H]3OC(C(=O)O)[C@@H](O)[C@H](OC)C3OC)C(OC(C)=O)C2O)[C@H](C(=O)O)O[C@H]1O[C@@H]1C(CO)O[C@H](O)C(O)[C@H]1O. The lowest BCUT2D eigenvalue weighted by Gasteiger charge is -2.50. The number of esters is 2. The van der Waals surface area contributed by atoms with Gasteiger partial charge in [0.1, 0.15) is 86.0 Å². The van der Waals surface area contributed by atoms with Crippen molar-refractivity contribution in [2.24, 2.45) is 0 Å². The van der Waals surface area contributed by atoms with Crippen molar-refractivity contribution in [1.82, 2.24) is 0 Å². The normalized spacial score (nSPS) is 43.9. The molecule has 0 aromatic heterocycles. The van der Waals surface area contributed by atoms with Crippen LogP contribution in [0.4, 0.5) is 0 Å². The monoisotopic (exact) mass is 834 g/mol. The van der Waals surface area contributed by atoms with Crippen LogP contribution in [0.2, 0.25) is 0 Å². The van der Waals surface area contributed by atoms with Crippen molar-refractivity contribution in [3.05, 3.63) is 0 Å². The Balaban J connectivity index is 1.67. The maximum Gasteiger partial charge on any atom is 0.335 e. The van der Waals surface area contributed by atoms with Gasteiger partial charge >= 0.3 is 23.9 Å². The van der Waals surface area contributed by atoms with Crippen LogP contribution in [-0.2, 0) is 80.8 Å². The van der Waals surface area contributed by atoms with Gasteiger partial charge in [-0.3, -0.25) is 9.59 Å². The zero-order valence-corrected chi connectivity index (χ0v) is 31.5. The molecule has 8 unspecified atom stereocenters. The van der Waals surface area contributed by atoms with Crippen LogP contribution >= 0.6 is 0 Å². The average molecular weight is 835 g/mol. The Kier molecular flexibility index (Phi) is 16.8. The van der Waals surface area contributed by atoms with E-state index >= 15 is 0 Å². The number of carboxylic acid groups (broad SMARTS) is 2. The number of aliphatic hydroxyl groups excluding tert-OH is 6. The molecule has 328 valence electrons. The van der Waals surface area contributed by atoms with Gasteiger partial charge in [-0.1, -0.05) is 0 Å². The van der Waals surface area contributed by atoms with Gasteiger partial charge in [-0.05, 0) is 0 Å². The molecule has 0 aromatic carbocycles. The van der Waals surface area contributed by atoms with E-state index in [1.165, 1.54) is 7.11 Å². The van der Waals surface area contributed by atoms with Crippen LogP contribution in [0.5, 0.6) is 0 Å². The summed E-state index contributed by atoms with van der Waals surface area (Å²) in [7, 11) is 4.60. The zero-order valence-electron chi connectivity index (χ0n) is 31.5. The van der Waals surface area contributed by atoms with Gasteiger partial charge < -0.3 is 102 Å². The van der Waals surface area contributed by atoms with Crippen LogP contribution in [0.15, 0.2) is 0 Å². The first-order chi connectivity index (χ1) is 26.9. The van der Waals surface area contributed by atoms with Crippen LogP contribution in [0.25, 0.3) is 0 Å². The summed E-state index contributed by atoms with van der Waals surface area (Å²) in [5.41, 5.74) is 0. The molecule has 4 fully saturated rings.